The first-order valence-electron chi connectivity index (χ1n) is 11.6. The number of ether oxygens (including phenoxy) is 1. The Labute approximate surface area is 200 Å². The van der Waals surface area contributed by atoms with Gasteiger partial charge in [0.05, 0.1) is 18.7 Å². The predicted molar refractivity (Wildman–Crippen MR) is 130 cm³/mol. The molecule has 0 bridgehead atoms. The molecule has 1 unspecified atom stereocenters. The number of amides is 1. The fraction of sp³-hybridized carbons (Fsp3) is 0.407. The molecule has 33 heavy (non-hydrogen) atoms. The van der Waals surface area contributed by atoms with Crippen LogP contribution in [0.5, 0.6) is 5.75 Å². The number of benzene rings is 2. The van der Waals surface area contributed by atoms with Crippen molar-refractivity contribution in [3.05, 3.63) is 69.8 Å². The van der Waals surface area contributed by atoms with E-state index in [1.807, 2.05) is 32.0 Å². The zero-order chi connectivity index (χ0) is 23.7. The number of methoxy groups -OCH3 is 1. The van der Waals surface area contributed by atoms with E-state index in [1.54, 1.807) is 36.3 Å². The van der Waals surface area contributed by atoms with Crippen molar-refractivity contribution in [1.29, 1.82) is 0 Å². The summed E-state index contributed by atoms with van der Waals surface area (Å²) in [6.07, 6.45) is 4.90. The number of aliphatic hydroxyl groups is 1. The molecule has 4 rings (SSSR count). The van der Waals surface area contributed by atoms with Crippen molar-refractivity contribution in [2.75, 3.05) is 7.11 Å². The highest BCUT2D eigenvalue weighted by Crippen LogP contribution is 2.43. The van der Waals surface area contributed by atoms with E-state index >= 15 is 0 Å². The fourth-order valence-electron chi connectivity index (χ4n) is 5.05. The molecule has 1 amide bonds. The lowest BCUT2D eigenvalue weighted by atomic mass is 9.90. The summed E-state index contributed by atoms with van der Waals surface area (Å²) in [5, 5.41) is 12.0. The summed E-state index contributed by atoms with van der Waals surface area (Å²) in [5.41, 5.74) is 2.32. The van der Waals surface area contributed by atoms with Crippen molar-refractivity contribution in [3.63, 3.8) is 0 Å². The third-order valence-electron chi connectivity index (χ3n) is 6.76. The van der Waals surface area contributed by atoms with E-state index in [4.69, 9.17) is 16.3 Å². The normalized spacial score (nSPS) is 21.1. The van der Waals surface area contributed by atoms with E-state index in [-0.39, 0.29) is 23.3 Å². The highest BCUT2D eigenvalue weighted by molar-refractivity contribution is 6.46. The highest BCUT2D eigenvalue weighted by atomic mass is 35.5. The number of nitrogens with zero attached hydrogens (tertiary/aromatic N) is 1. The average molecular weight is 468 g/mol. The van der Waals surface area contributed by atoms with Gasteiger partial charge >= 0.3 is 0 Å². The Morgan fingerprint density at radius 3 is 2.33 bits per heavy atom. The molecule has 1 N–H and O–H groups in total. The Hall–Kier alpha value is -2.79. The molecule has 0 radical (unpaired) electrons. The molecule has 1 saturated heterocycles. The first-order chi connectivity index (χ1) is 15.8. The topological polar surface area (TPSA) is 66.8 Å². The molecule has 6 heteroatoms. The van der Waals surface area contributed by atoms with Crippen LogP contribution in [0.4, 0.5) is 0 Å². The maximum absolute atomic E-state index is 13.3. The molecule has 2 aliphatic rings. The number of hydrogen-bond acceptors (Lipinski definition) is 4. The lowest BCUT2D eigenvalue weighted by molar-refractivity contribution is -0.141. The van der Waals surface area contributed by atoms with Crippen LogP contribution in [0, 0.1) is 0 Å². The van der Waals surface area contributed by atoms with Crippen molar-refractivity contribution in [2.24, 2.45) is 0 Å². The van der Waals surface area contributed by atoms with Crippen LogP contribution in [0.15, 0.2) is 48.0 Å². The second kappa shape index (κ2) is 9.60. The molecule has 2 aromatic carbocycles. The monoisotopic (exact) mass is 467 g/mol. The van der Waals surface area contributed by atoms with Crippen LogP contribution < -0.4 is 4.74 Å². The van der Waals surface area contributed by atoms with Crippen LogP contribution >= 0.6 is 11.6 Å². The second-order valence-corrected chi connectivity index (χ2v) is 9.60. The third-order valence-corrected chi connectivity index (χ3v) is 7.01. The number of hydrogen-bond donors (Lipinski definition) is 1. The van der Waals surface area contributed by atoms with Crippen molar-refractivity contribution in [1.82, 2.24) is 4.90 Å². The van der Waals surface area contributed by atoms with Gasteiger partial charge in [-0.3, -0.25) is 9.59 Å². The van der Waals surface area contributed by atoms with Crippen LogP contribution in [0.1, 0.15) is 74.6 Å². The smallest absolute Gasteiger partial charge is 0.295 e. The van der Waals surface area contributed by atoms with Crippen LogP contribution in [0.2, 0.25) is 5.02 Å². The molecule has 5 nitrogen and oxygen atoms in total. The summed E-state index contributed by atoms with van der Waals surface area (Å²) in [7, 11) is 1.61. The highest BCUT2D eigenvalue weighted by Gasteiger charge is 2.48. The number of carbonyl (C=O) groups excluding carboxylic acids is 2. The van der Waals surface area contributed by atoms with Crippen molar-refractivity contribution in [3.8, 4) is 5.75 Å². The van der Waals surface area contributed by atoms with Gasteiger partial charge in [0.1, 0.15) is 11.5 Å². The molecule has 1 heterocycles. The molecular formula is C27H30ClNO4. The number of rotatable bonds is 5. The standard InChI is InChI=1S/C27H30ClNO4/c1-16(2)21-15-18(11-14-22(21)33-3)25(30)23-24(17-9-12-19(28)13-10-17)29(27(32)26(23)31)20-7-5-4-6-8-20/h9-16,20,24,30H,4-8H2,1-3H3/b25-23-. The van der Waals surface area contributed by atoms with E-state index in [0.29, 0.717) is 10.6 Å². The average Bonchev–Trinajstić information content (AvgIpc) is 3.09. The quantitative estimate of drug-likeness (QED) is 0.321. The Kier molecular flexibility index (Phi) is 6.80. The second-order valence-electron chi connectivity index (χ2n) is 9.16. The van der Waals surface area contributed by atoms with Crippen LogP contribution in [0.3, 0.4) is 0 Å². The largest absolute Gasteiger partial charge is 0.507 e. The number of Topliss-reactive ketones (excluding diaryl/α,β-unsaturated/α-hetero) is 1. The van der Waals surface area contributed by atoms with Crippen molar-refractivity contribution >= 4 is 29.1 Å². The van der Waals surface area contributed by atoms with Crippen LogP contribution in [-0.4, -0.2) is 34.8 Å². The summed E-state index contributed by atoms with van der Waals surface area (Å²) in [5.74, 6) is -0.458. The number of ketones is 1. The molecule has 1 aliphatic heterocycles. The molecule has 2 aromatic rings. The van der Waals surface area contributed by atoms with Crippen LogP contribution in [0.25, 0.3) is 5.76 Å². The summed E-state index contributed by atoms with van der Waals surface area (Å²) < 4.78 is 5.46. The number of carbonyl (C=O) groups is 2. The van der Waals surface area contributed by atoms with Gasteiger partial charge in [-0.2, -0.15) is 0 Å². The molecule has 1 aliphatic carbocycles. The Morgan fingerprint density at radius 2 is 1.73 bits per heavy atom. The molecule has 174 valence electrons. The molecule has 0 aromatic heterocycles. The minimum atomic E-state index is -0.644. The van der Waals surface area contributed by atoms with Gasteiger partial charge in [-0.05, 0) is 60.2 Å². The first kappa shape index (κ1) is 23.4. The van der Waals surface area contributed by atoms with Gasteiger partial charge in [0.15, 0.2) is 0 Å². The number of aliphatic hydroxyl groups excluding tert-OH is 1. The zero-order valence-electron chi connectivity index (χ0n) is 19.3. The Balaban J connectivity index is 1.88. The zero-order valence-corrected chi connectivity index (χ0v) is 20.1. The van der Waals surface area contributed by atoms with Gasteiger partial charge in [0.2, 0.25) is 0 Å². The third kappa shape index (κ3) is 4.39. The minimum Gasteiger partial charge on any atom is -0.507 e. The lowest BCUT2D eigenvalue weighted by Crippen LogP contribution is -2.40. The van der Waals surface area contributed by atoms with E-state index in [2.05, 4.69) is 0 Å². The predicted octanol–water partition coefficient (Wildman–Crippen LogP) is 6.23. The van der Waals surface area contributed by atoms with Crippen LogP contribution in [-0.2, 0) is 9.59 Å². The van der Waals surface area contributed by atoms with E-state index < -0.39 is 17.7 Å². The van der Waals surface area contributed by atoms with E-state index in [0.717, 1.165) is 49.0 Å². The van der Waals surface area contributed by atoms with Crippen molar-refractivity contribution < 1.29 is 19.4 Å². The number of halogens is 1. The summed E-state index contributed by atoms with van der Waals surface area (Å²) in [6, 6.07) is 11.9. The van der Waals surface area contributed by atoms with Crippen molar-refractivity contribution in [2.45, 2.75) is 64.0 Å². The maximum Gasteiger partial charge on any atom is 0.295 e. The van der Waals surface area contributed by atoms with Gasteiger partial charge in [0, 0.05) is 16.6 Å². The van der Waals surface area contributed by atoms with E-state index in [9.17, 15) is 14.7 Å². The Morgan fingerprint density at radius 1 is 1.06 bits per heavy atom. The summed E-state index contributed by atoms with van der Waals surface area (Å²) in [6.45, 7) is 4.08. The summed E-state index contributed by atoms with van der Waals surface area (Å²) >= 11 is 6.11. The Bertz CT molecular complexity index is 1080. The molecule has 1 atom stereocenters. The molecule has 2 fully saturated rings. The minimum absolute atomic E-state index is 0.0247. The lowest BCUT2D eigenvalue weighted by Gasteiger charge is -2.35. The van der Waals surface area contributed by atoms with Gasteiger partial charge in [-0.1, -0.05) is 56.8 Å². The SMILES string of the molecule is COc1ccc(/C(O)=C2/C(=O)C(=O)N(C3CCCCC3)C2c2ccc(Cl)cc2)cc1C(C)C. The maximum atomic E-state index is 13.3. The van der Waals surface area contributed by atoms with Gasteiger partial charge in [-0.25, -0.2) is 0 Å². The van der Waals surface area contributed by atoms with Gasteiger partial charge in [-0.15, -0.1) is 0 Å². The van der Waals surface area contributed by atoms with E-state index in [1.165, 1.54) is 0 Å². The molecular weight excluding hydrogens is 438 g/mol. The number of likely N-dealkylation sites (tertiary alicyclic amines) is 1. The first-order valence-corrected chi connectivity index (χ1v) is 11.9. The molecule has 1 saturated carbocycles. The summed E-state index contributed by atoms with van der Waals surface area (Å²) in [4.78, 5) is 28.3. The molecule has 0 spiro atoms. The van der Waals surface area contributed by atoms with Gasteiger partial charge in [0.25, 0.3) is 11.7 Å². The fourth-order valence-corrected chi connectivity index (χ4v) is 5.17. The van der Waals surface area contributed by atoms with Gasteiger partial charge < -0.3 is 14.7 Å².